The summed E-state index contributed by atoms with van der Waals surface area (Å²) in [6.07, 6.45) is 5.33. The van der Waals surface area contributed by atoms with Crippen LogP contribution in [0.15, 0.2) is 84.1 Å². The van der Waals surface area contributed by atoms with Crippen molar-refractivity contribution in [3.05, 3.63) is 85.1 Å². The molecule has 0 saturated carbocycles. The zero-order chi connectivity index (χ0) is 18.1. The van der Waals surface area contributed by atoms with Crippen LogP contribution >= 0.6 is 0 Å². The highest BCUT2D eigenvalue weighted by molar-refractivity contribution is 7.92. The number of anilines is 1. The Kier molecular flexibility index (Phi) is 3.93. The number of halogens is 1. The average Bonchev–Trinajstić information content (AvgIpc) is 3.05. The van der Waals surface area contributed by atoms with Crippen LogP contribution in [0.3, 0.4) is 0 Å². The van der Waals surface area contributed by atoms with Crippen LogP contribution in [0.4, 0.5) is 10.1 Å². The Bertz CT molecular complexity index is 1190. The monoisotopic (exact) mass is 367 g/mol. The van der Waals surface area contributed by atoms with Crippen molar-refractivity contribution in [1.29, 1.82) is 0 Å². The summed E-state index contributed by atoms with van der Waals surface area (Å²) < 4.78 is 43.0. The van der Waals surface area contributed by atoms with Gasteiger partial charge in [0.15, 0.2) is 0 Å². The van der Waals surface area contributed by atoms with Gasteiger partial charge in [0.1, 0.15) is 10.7 Å². The molecular formula is C19H14FN3O2S. The van der Waals surface area contributed by atoms with Gasteiger partial charge in [-0.1, -0.05) is 12.1 Å². The molecule has 2 aromatic carbocycles. The Balaban J connectivity index is 1.70. The van der Waals surface area contributed by atoms with E-state index >= 15 is 0 Å². The Morgan fingerprint density at radius 3 is 2.62 bits per heavy atom. The highest BCUT2D eigenvalue weighted by Gasteiger charge is 2.18. The third-order valence-electron chi connectivity index (χ3n) is 3.99. The number of hydrogen-bond acceptors (Lipinski definition) is 3. The molecule has 2 heterocycles. The molecular weight excluding hydrogens is 353 g/mol. The van der Waals surface area contributed by atoms with E-state index in [-0.39, 0.29) is 4.90 Å². The molecule has 0 radical (unpaired) electrons. The molecule has 1 N–H and O–H groups in total. The van der Waals surface area contributed by atoms with E-state index in [4.69, 9.17) is 0 Å². The van der Waals surface area contributed by atoms with Gasteiger partial charge in [0, 0.05) is 23.5 Å². The highest BCUT2D eigenvalue weighted by atomic mass is 32.2. The third kappa shape index (κ3) is 2.93. The molecule has 0 unspecified atom stereocenters. The summed E-state index contributed by atoms with van der Waals surface area (Å²) in [6.45, 7) is 0. The van der Waals surface area contributed by atoms with Crippen molar-refractivity contribution in [3.8, 4) is 5.69 Å². The minimum Gasteiger partial charge on any atom is -0.315 e. The van der Waals surface area contributed by atoms with Crippen LogP contribution in [-0.2, 0) is 10.0 Å². The minimum absolute atomic E-state index is 0.365. The van der Waals surface area contributed by atoms with Gasteiger partial charge in [-0.3, -0.25) is 9.71 Å². The van der Waals surface area contributed by atoms with Gasteiger partial charge in [0.2, 0.25) is 0 Å². The smallest absolute Gasteiger partial charge is 0.264 e. The fourth-order valence-electron chi connectivity index (χ4n) is 2.80. The van der Waals surface area contributed by atoms with E-state index in [1.165, 1.54) is 18.2 Å². The number of rotatable bonds is 4. The van der Waals surface area contributed by atoms with E-state index in [1.807, 2.05) is 35.0 Å². The van der Waals surface area contributed by atoms with Gasteiger partial charge in [-0.25, -0.2) is 12.8 Å². The van der Waals surface area contributed by atoms with Crippen molar-refractivity contribution >= 4 is 26.6 Å². The van der Waals surface area contributed by atoms with Crippen molar-refractivity contribution in [3.63, 3.8) is 0 Å². The number of hydrogen-bond donors (Lipinski definition) is 1. The summed E-state index contributed by atoms with van der Waals surface area (Å²) in [5.74, 6) is -0.788. The number of nitrogens with one attached hydrogen (secondary N) is 1. The van der Waals surface area contributed by atoms with E-state index < -0.39 is 15.8 Å². The van der Waals surface area contributed by atoms with E-state index in [1.54, 1.807) is 24.5 Å². The standard InChI is InChI=1S/C19H14FN3O2S/c20-17-5-1-2-6-19(17)26(24,25)22-15-7-8-18-14(12-15)9-11-23(18)16-4-3-10-21-13-16/h1-13,22H. The summed E-state index contributed by atoms with van der Waals surface area (Å²) in [5, 5.41) is 0.850. The van der Waals surface area contributed by atoms with Gasteiger partial charge < -0.3 is 4.57 Å². The predicted octanol–water partition coefficient (Wildman–Crippen LogP) is 3.97. The van der Waals surface area contributed by atoms with Gasteiger partial charge in [-0.05, 0) is 48.5 Å². The molecule has 7 heteroatoms. The zero-order valence-corrected chi connectivity index (χ0v) is 14.3. The lowest BCUT2D eigenvalue weighted by Crippen LogP contribution is -2.14. The molecule has 0 aliphatic rings. The fraction of sp³-hybridized carbons (Fsp3) is 0. The molecule has 0 saturated heterocycles. The highest BCUT2D eigenvalue weighted by Crippen LogP contribution is 2.25. The molecule has 0 bridgehead atoms. The van der Waals surface area contributed by atoms with Gasteiger partial charge >= 0.3 is 0 Å². The molecule has 4 aromatic rings. The normalized spacial score (nSPS) is 11.6. The molecule has 2 aromatic heterocycles. The minimum atomic E-state index is -4.00. The van der Waals surface area contributed by atoms with Crippen LogP contribution in [0.1, 0.15) is 0 Å². The van der Waals surface area contributed by atoms with Gasteiger partial charge in [0.05, 0.1) is 17.4 Å². The third-order valence-corrected chi connectivity index (χ3v) is 5.41. The second-order valence-corrected chi connectivity index (χ2v) is 7.36. The van der Waals surface area contributed by atoms with Crippen molar-refractivity contribution in [2.45, 2.75) is 4.90 Å². The number of benzene rings is 2. The summed E-state index contributed by atoms with van der Waals surface area (Å²) in [7, 11) is -4.00. The van der Waals surface area contributed by atoms with Crippen LogP contribution in [-0.4, -0.2) is 18.0 Å². The number of nitrogens with zero attached hydrogens (tertiary/aromatic N) is 2. The summed E-state index contributed by atoms with van der Waals surface area (Å²) in [5.41, 5.74) is 2.18. The van der Waals surface area contributed by atoms with Crippen molar-refractivity contribution < 1.29 is 12.8 Å². The maximum Gasteiger partial charge on any atom is 0.264 e. The lowest BCUT2D eigenvalue weighted by atomic mass is 10.2. The lowest BCUT2D eigenvalue weighted by Gasteiger charge is -2.10. The largest absolute Gasteiger partial charge is 0.315 e. The van der Waals surface area contributed by atoms with Crippen LogP contribution in [0.2, 0.25) is 0 Å². The maximum absolute atomic E-state index is 13.8. The quantitative estimate of drug-likeness (QED) is 0.594. The second kappa shape index (κ2) is 6.27. The molecule has 0 fully saturated rings. The van der Waals surface area contributed by atoms with Crippen LogP contribution in [0.5, 0.6) is 0 Å². The van der Waals surface area contributed by atoms with Gasteiger partial charge in [-0.2, -0.15) is 0 Å². The Labute approximate surface area is 149 Å². The van der Waals surface area contributed by atoms with E-state index in [2.05, 4.69) is 9.71 Å². The van der Waals surface area contributed by atoms with Crippen LogP contribution < -0.4 is 4.72 Å². The van der Waals surface area contributed by atoms with Crippen molar-refractivity contribution in [2.24, 2.45) is 0 Å². The average molecular weight is 367 g/mol. The number of pyridine rings is 1. The Morgan fingerprint density at radius 2 is 1.85 bits per heavy atom. The topological polar surface area (TPSA) is 64.0 Å². The first kappa shape index (κ1) is 16.3. The fourth-order valence-corrected chi connectivity index (χ4v) is 3.93. The molecule has 0 spiro atoms. The molecule has 0 aliphatic carbocycles. The molecule has 4 rings (SSSR count). The molecule has 26 heavy (non-hydrogen) atoms. The number of sulfonamides is 1. The number of fused-ring (bicyclic) bond motifs is 1. The van der Waals surface area contributed by atoms with Crippen molar-refractivity contribution in [2.75, 3.05) is 4.72 Å². The molecule has 0 amide bonds. The lowest BCUT2D eigenvalue weighted by molar-refractivity contribution is 0.570. The van der Waals surface area contributed by atoms with Gasteiger partial charge in [-0.15, -0.1) is 0 Å². The molecule has 5 nitrogen and oxygen atoms in total. The SMILES string of the molecule is O=S(=O)(Nc1ccc2c(ccn2-c2cccnc2)c1)c1ccccc1F. The van der Waals surface area contributed by atoms with Crippen LogP contribution in [0, 0.1) is 5.82 Å². The first-order valence-electron chi connectivity index (χ1n) is 7.83. The Hall–Kier alpha value is -3.19. The van der Waals surface area contributed by atoms with Crippen molar-refractivity contribution in [1.82, 2.24) is 9.55 Å². The Morgan fingerprint density at radius 1 is 1.00 bits per heavy atom. The molecule has 0 aliphatic heterocycles. The maximum atomic E-state index is 13.8. The van der Waals surface area contributed by atoms with E-state index in [0.717, 1.165) is 22.7 Å². The summed E-state index contributed by atoms with van der Waals surface area (Å²) >= 11 is 0. The first-order chi connectivity index (χ1) is 12.5. The molecule has 130 valence electrons. The zero-order valence-electron chi connectivity index (χ0n) is 13.5. The second-order valence-electron chi connectivity index (χ2n) is 5.71. The predicted molar refractivity (Wildman–Crippen MR) is 98.3 cm³/mol. The van der Waals surface area contributed by atoms with E-state index in [0.29, 0.717) is 5.69 Å². The first-order valence-corrected chi connectivity index (χ1v) is 9.32. The van der Waals surface area contributed by atoms with Crippen LogP contribution in [0.25, 0.3) is 16.6 Å². The number of aromatic nitrogens is 2. The van der Waals surface area contributed by atoms with E-state index in [9.17, 15) is 12.8 Å². The molecule has 0 atom stereocenters. The van der Waals surface area contributed by atoms with Gasteiger partial charge in [0.25, 0.3) is 10.0 Å². The summed E-state index contributed by atoms with van der Waals surface area (Å²) in [4.78, 5) is 3.73. The summed E-state index contributed by atoms with van der Waals surface area (Å²) in [6, 6.07) is 16.1.